The average Bonchev–Trinajstić information content (AvgIpc) is 3.24. The largest absolute Gasteiger partial charge is 0.338 e. The number of tetrazole rings is 1. The predicted molar refractivity (Wildman–Crippen MR) is 91.2 cm³/mol. The lowest BCUT2D eigenvalue weighted by Gasteiger charge is -2.09. The summed E-state index contributed by atoms with van der Waals surface area (Å²) in [6.07, 6.45) is 0.751. The molecule has 0 aliphatic carbocycles. The second-order valence-electron chi connectivity index (χ2n) is 5.78. The van der Waals surface area contributed by atoms with Crippen molar-refractivity contribution in [3.05, 3.63) is 41.5 Å². The van der Waals surface area contributed by atoms with Crippen LogP contribution in [0.3, 0.4) is 0 Å². The van der Waals surface area contributed by atoms with Crippen molar-refractivity contribution in [3.63, 3.8) is 0 Å². The van der Waals surface area contributed by atoms with E-state index in [1.807, 2.05) is 26.0 Å². The maximum absolute atomic E-state index is 5.29. The van der Waals surface area contributed by atoms with Crippen molar-refractivity contribution in [1.29, 1.82) is 0 Å². The van der Waals surface area contributed by atoms with Crippen molar-refractivity contribution in [2.24, 2.45) is 0 Å². The molecule has 0 radical (unpaired) electrons. The number of nitrogens with zero attached hydrogens (tertiary/aromatic N) is 6. The normalized spacial score (nSPS) is 12.7. The third-order valence-corrected chi connectivity index (χ3v) is 4.70. The van der Waals surface area contributed by atoms with Crippen molar-refractivity contribution in [2.75, 3.05) is 0 Å². The van der Waals surface area contributed by atoms with Gasteiger partial charge in [-0.3, -0.25) is 0 Å². The maximum Gasteiger partial charge on any atom is 0.239 e. The van der Waals surface area contributed by atoms with Crippen molar-refractivity contribution in [3.8, 4) is 5.69 Å². The third kappa shape index (κ3) is 3.48. The van der Waals surface area contributed by atoms with Crippen LogP contribution < -0.4 is 0 Å². The number of thioether (sulfide) groups is 1. The Hall–Kier alpha value is -2.22. The Balaban J connectivity index is 1.79. The lowest BCUT2D eigenvalue weighted by Crippen LogP contribution is -2.01. The molecular weight excluding hydrogens is 324 g/mol. The molecule has 0 saturated carbocycles. The monoisotopic (exact) mass is 344 g/mol. The van der Waals surface area contributed by atoms with Crippen molar-refractivity contribution in [1.82, 2.24) is 30.3 Å². The molecule has 0 fully saturated rings. The van der Waals surface area contributed by atoms with Gasteiger partial charge in [-0.15, -0.1) is 5.10 Å². The van der Waals surface area contributed by atoms with Gasteiger partial charge in [0.2, 0.25) is 11.0 Å². The summed E-state index contributed by atoms with van der Waals surface area (Å²) in [6, 6.07) is 8.26. The van der Waals surface area contributed by atoms with Gasteiger partial charge in [-0.25, -0.2) is 0 Å². The number of hydrogen-bond donors (Lipinski definition) is 0. The first-order valence-electron chi connectivity index (χ1n) is 7.96. The molecule has 8 heteroatoms. The lowest BCUT2D eigenvalue weighted by atomic mass is 10.0. The molecule has 0 saturated heterocycles. The van der Waals surface area contributed by atoms with Crippen LogP contribution in [0.5, 0.6) is 0 Å². The van der Waals surface area contributed by atoms with Gasteiger partial charge in [0.15, 0.2) is 5.82 Å². The number of hydrogen-bond acceptors (Lipinski definition) is 7. The van der Waals surface area contributed by atoms with E-state index in [1.54, 1.807) is 4.68 Å². The van der Waals surface area contributed by atoms with Crippen LogP contribution in [0.15, 0.2) is 33.9 Å². The molecule has 0 spiro atoms. The molecule has 3 rings (SSSR count). The minimum atomic E-state index is -0.0301. The first kappa shape index (κ1) is 16.6. The third-order valence-electron chi connectivity index (χ3n) is 3.68. The summed E-state index contributed by atoms with van der Waals surface area (Å²) in [5.41, 5.74) is 2.21. The Labute approximate surface area is 144 Å². The SMILES string of the molecule is CCc1noc(C(C)Sc2nnnn2-c2ccc(C(C)C)cc2)n1. The predicted octanol–water partition coefficient (Wildman–Crippen LogP) is 3.58. The summed E-state index contributed by atoms with van der Waals surface area (Å²) in [5, 5.41) is 16.6. The highest BCUT2D eigenvalue weighted by Crippen LogP contribution is 2.33. The molecule has 0 N–H and O–H groups in total. The summed E-state index contributed by atoms with van der Waals surface area (Å²) in [7, 11) is 0. The molecule has 0 bridgehead atoms. The zero-order chi connectivity index (χ0) is 17.1. The molecule has 1 atom stereocenters. The van der Waals surface area contributed by atoms with Crippen LogP contribution in [-0.4, -0.2) is 30.3 Å². The maximum atomic E-state index is 5.29. The highest BCUT2D eigenvalue weighted by molar-refractivity contribution is 7.99. The Morgan fingerprint density at radius 2 is 1.92 bits per heavy atom. The van der Waals surface area contributed by atoms with E-state index in [4.69, 9.17) is 4.52 Å². The minimum absolute atomic E-state index is 0.0301. The molecule has 7 nitrogen and oxygen atoms in total. The Morgan fingerprint density at radius 1 is 1.17 bits per heavy atom. The fraction of sp³-hybridized carbons (Fsp3) is 0.438. The zero-order valence-corrected chi connectivity index (χ0v) is 15.0. The van der Waals surface area contributed by atoms with E-state index in [-0.39, 0.29) is 5.25 Å². The standard InChI is InChI=1S/C16H20N6OS/c1-5-14-17-15(23-19-14)11(4)24-16-18-20-21-22(16)13-8-6-12(7-9-13)10(2)3/h6-11H,5H2,1-4H3. The quantitative estimate of drug-likeness (QED) is 0.632. The average molecular weight is 344 g/mol. The molecule has 3 aromatic rings. The van der Waals surface area contributed by atoms with Gasteiger partial charge >= 0.3 is 0 Å². The molecule has 0 aliphatic heterocycles. The second-order valence-corrected chi connectivity index (χ2v) is 7.09. The van der Waals surface area contributed by atoms with Crippen LogP contribution in [0.2, 0.25) is 0 Å². The van der Waals surface area contributed by atoms with Gasteiger partial charge in [0.25, 0.3) is 0 Å². The molecule has 2 heterocycles. The lowest BCUT2D eigenvalue weighted by molar-refractivity contribution is 0.375. The van der Waals surface area contributed by atoms with E-state index in [2.05, 4.69) is 51.6 Å². The van der Waals surface area contributed by atoms with Gasteiger partial charge < -0.3 is 4.52 Å². The molecule has 1 aromatic carbocycles. The van der Waals surface area contributed by atoms with E-state index in [9.17, 15) is 0 Å². The first-order chi connectivity index (χ1) is 11.6. The number of rotatable bonds is 6. The van der Waals surface area contributed by atoms with Crippen LogP contribution in [0.4, 0.5) is 0 Å². The first-order valence-corrected chi connectivity index (χ1v) is 8.84. The molecule has 2 aromatic heterocycles. The Morgan fingerprint density at radius 3 is 2.54 bits per heavy atom. The number of aromatic nitrogens is 6. The van der Waals surface area contributed by atoms with E-state index in [0.717, 1.165) is 12.1 Å². The van der Waals surface area contributed by atoms with Crippen LogP contribution in [-0.2, 0) is 6.42 Å². The zero-order valence-electron chi connectivity index (χ0n) is 14.2. The van der Waals surface area contributed by atoms with Gasteiger partial charge in [0.05, 0.1) is 10.9 Å². The molecule has 0 amide bonds. The highest BCUT2D eigenvalue weighted by atomic mass is 32.2. The fourth-order valence-electron chi connectivity index (χ4n) is 2.20. The van der Waals surface area contributed by atoms with E-state index >= 15 is 0 Å². The molecule has 24 heavy (non-hydrogen) atoms. The molecule has 0 aliphatic rings. The molecule has 126 valence electrons. The van der Waals surface area contributed by atoms with Crippen LogP contribution in [0.1, 0.15) is 56.1 Å². The molecular formula is C16H20N6OS. The summed E-state index contributed by atoms with van der Waals surface area (Å²) in [4.78, 5) is 4.37. The number of benzene rings is 1. The van der Waals surface area contributed by atoms with Gasteiger partial charge in [0, 0.05) is 6.42 Å². The summed E-state index contributed by atoms with van der Waals surface area (Å²) in [6.45, 7) is 8.33. The van der Waals surface area contributed by atoms with Crippen molar-refractivity contribution < 1.29 is 4.52 Å². The van der Waals surface area contributed by atoms with E-state index in [0.29, 0.717) is 22.8 Å². The van der Waals surface area contributed by atoms with E-state index in [1.165, 1.54) is 17.3 Å². The van der Waals surface area contributed by atoms with Crippen LogP contribution in [0, 0.1) is 0 Å². The van der Waals surface area contributed by atoms with Gasteiger partial charge in [-0.1, -0.05) is 49.8 Å². The topological polar surface area (TPSA) is 82.5 Å². The summed E-state index contributed by atoms with van der Waals surface area (Å²) in [5.74, 6) is 1.79. The van der Waals surface area contributed by atoms with Gasteiger partial charge in [0.1, 0.15) is 0 Å². The number of aryl methyl sites for hydroxylation is 1. The Kier molecular flexibility index (Phi) is 4.94. The second kappa shape index (κ2) is 7.12. The van der Waals surface area contributed by atoms with E-state index < -0.39 is 0 Å². The smallest absolute Gasteiger partial charge is 0.239 e. The van der Waals surface area contributed by atoms with Crippen LogP contribution in [0.25, 0.3) is 5.69 Å². The summed E-state index contributed by atoms with van der Waals surface area (Å²) >= 11 is 1.49. The fourth-order valence-corrected chi connectivity index (χ4v) is 3.04. The van der Waals surface area contributed by atoms with Crippen molar-refractivity contribution >= 4 is 11.8 Å². The highest BCUT2D eigenvalue weighted by Gasteiger charge is 2.19. The Bertz CT molecular complexity index is 795. The summed E-state index contributed by atoms with van der Waals surface area (Å²) < 4.78 is 7.02. The van der Waals surface area contributed by atoms with Crippen molar-refractivity contribution in [2.45, 2.75) is 50.4 Å². The minimum Gasteiger partial charge on any atom is -0.338 e. The van der Waals surface area contributed by atoms with Gasteiger partial charge in [-0.05, 0) is 41.0 Å². The molecule has 1 unspecified atom stereocenters. The van der Waals surface area contributed by atoms with Crippen LogP contribution >= 0.6 is 11.8 Å². The van der Waals surface area contributed by atoms with Gasteiger partial charge in [-0.2, -0.15) is 9.67 Å².